The van der Waals surface area contributed by atoms with Crippen LogP contribution in [0, 0.1) is 17.8 Å². The number of aliphatic hydroxyl groups is 2. The Labute approximate surface area is 60.9 Å². The van der Waals surface area contributed by atoms with E-state index in [1.165, 1.54) is 0 Å². The van der Waals surface area contributed by atoms with Gasteiger partial charge in [0.2, 0.25) is 0 Å². The van der Waals surface area contributed by atoms with Gasteiger partial charge in [-0.15, -0.1) is 0 Å². The molecule has 2 nitrogen and oxygen atoms in total. The second-order valence-electron chi connectivity index (χ2n) is 3.75. The lowest BCUT2D eigenvalue weighted by Crippen LogP contribution is -2.26. The summed E-state index contributed by atoms with van der Waals surface area (Å²) >= 11 is 0. The van der Waals surface area contributed by atoms with Crippen LogP contribution in [0.4, 0.5) is 0 Å². The molecule has 4 atom stereocenters. The van der Waals surface area contributed by atoms with Crippen LogP contribution in [-0.4, -0.2) is 22.9 Å². The summed E-state index contributed by atoms with van der Waals surface area (Å²) in [6, 6.07) is 0. The summed E-state index contributed by atoms with van der Waals surface area (Å²) < 4.78 is 0. The summed E-state index contributed by atoms with van der Waals surface area (Å²) in [6.07, 6.45) is 3.20. The van der Waals surface area contributed by atoms with Crippen LogP contribution in [0.3, 0.4) is 0 Å². The Bertz CT molecular complexity index is 133. The fraction of sp³-hybridized carbons (Fsp3) is 1.00. The van der Waals surface area contributed by atoms with Gasteiger partial charge >= 0.3 is 0 Å². The molecule has 2 N–H and O–H groups in total. The fourth-order valence-electron chi connectivity index (χ4n) is 2.67. The average Bonchev–Trinajstić information content (AvgIpc) is 2.44. The second-order valence-corrected chi connectivity index (χ2v) is 3.75. The normalized spacial score (nSPS) is 52.2. The Morgan fingerprint density at radius 3 is 2.40 bits per heavy atom. The summed E-state index contributed by atoms with van der Waals surface area (Å²) in [5.41, 5.74) is 0. The van der Waals surface area contributed by atoms with E-state index in [-0.39, 0.29) is 12.7 Å². The summed E-state index contributed by atoms with van der Waals surface area (Å²) in [4.78, 5) is 0. The molecule has 10 heavy (non-hydrogen) atoms. The van der Waals surface area contributed by atoms with E-state index in [0.29, 0.717) is 11.8 Å². The minimum absolute atomic E-state index is 0.101. The molecule has 0 aromatic rings. The van der Waals surface area contributed by atoms with E-state index < -0.39 is 0 Å². The first-order valence-corrected chi connectivity index (χ1v) is 4.10. The van der Waals surface area contributed by atoms with Crippen LogP contribution in [0.1, 0.15) is 19.3 Å². The molecule has 2 bridgehead atoms. The van der Waals surface area contributed by atoms with Crippen molar-refractivity contribution < 1.29 is 10.2 Å². The van der Waals surface area contributed by atoms with Crippen LogP contribution in [0.2, 0.25) is 0 Å². The van der Waals surface area contributed by atoms with E-state index in [4.69, 9.17) is 5.11 Å². The maximum Gasteiger partial charge on any atom is 0.0574 e. The van der Waals surface area contributed by atoms with Crippen LogP contribution >= 0.6 is 0 Å². The first kappa shape index (κ1) is 6.62. The van der Waals surface area contributed by atoms with Crippen LogP contribution < -0.4 is 0 Å². The molecular weight excluding hydrogens is 128 g/mol. The van der Waals surface area contributed by atoms with Gasteiger partial charge in [0.05, 0.1) is 6.10 Å². The summed E-state index contributed by atoms with van der Waals surface area (Å²) in [5, 5.41) is 18.3. The Morgan fingerprint density at radius 2 is 2.00 bits per heavy atom. The zero-order valence-corrected chi connectivity index (χ0v) is 6.03. The third kappa shape index (κ3) is 0.789. The van der Waals surface area contributed by atoms with E-state index in [1.807, 2.05) is 0 Å². The predicted molar refractivity (Wildman–Crippen MR) is 37.4 cm³/mol. The number of hydrogen-bond acceptors (Lipinski definition) is 2. The standard InChI is InChI=1S/C8H14O2/c9-4-6-1-5-2-7(6)8(10)3-5/h5-10H,1-4H2. The molecule has 0 heterocycles. The Morgan fingerprint density at radius 1 is 1.20 bits per heavy atom. The summed E-state index contributed by atoms with van der Waals surface area (Å²) in [5.74, 6) is 1.56. The van der Waals surface area contributed by atoms with Gasteiger partial charge in [0, 0.05) is 6.61 Å². The van der Waals surface area contributed by atoms with Crippen molar-refractivity contribution in [3.63, 3.8) is 0 Å². The van der Waals surface area contributed by atoms with Crippen LogP contribution in [0.25, 0.3) is 0 Å². The van der Waals surface area contributed by atoms with E-state index in [9.17, 15) is 5.11 Å². The quantitative estimate of drug-likeness (QED) is 0.556. The van der Waals surface area contributed by atoms with Crippen molar-refractivity contribution in [3.05, 3.63) is 0 Å². The van der Waals surface area contributed by atoms with Crippen molar-refractivity contribution in [3.8, 4) is 0 Å². The number of rotatable bonds is 1. The number of aliphatic hydroxyl groups excluding tert-OH is 2. The molecule has 2 aliphatic rings. The van der Waals surface area contributed by atoms with Crippen LogP contribution in [0.5, 0.6) is 0 Å². The lowest BCUT2D eigenvalue weighted by molar-refractivity contribution is 0.0560. The highest BCUT2D eigenvalue weighted by Gasteiger charge is 2.44. The maximum absolute atomic E-state index is 9.41. The van der Waals surface area contributed by atoms with Gasteiger partial charge in [0.15, 0.2) is 0 Å². The molecule has 0 aromatic carbocycles. The highest BCUT2D eigenvalue weighted by Crippen LogP contribution is 2.47. The molecule has 2 rings (SSSR count). The van der Waals surface area contributed by atoms with E-state index >= 15 is 0 Å². The molecule has 0 radical (unpaired) electrons. The topological polar surface area (TPSA) is 40.5 Å². The van der Waals surface area contributed by atoms with Gasteiger partial charge in [-0.1, -0.05) is 0 Å². The van der Waals surface area contributed by atoms with Crippen molar-refractivity contribution in [1.82, 2.24) is 0 Å². The van der Waals surface area contributed by atoms with Crippen molar-refractivity contribution in [2.45, 2.75) is 25.4 Å². The third-order valence-electron chi connectivity index (χ3n) is 3.15. The number of fused-ring (bicyclic) bond motifs is 2. The lowest BCUT2D eigenvalue weighted by atomic mass is 9.87. The van der Waals surface area contributed by atoms with Crippen LogP contribution in [0.15, 0.2) is 0 Å². The molecule has 2 fully saturated rings. The van der Waals surface area contributed by atoms with Gasteiger partial charge in [0.1, 0.15) is 0 Å². The molecular formula is C8H14O2. The van der Waals surface area contributed by atoms with E-state index in [2.05, 4.69) is 0 Å². The fourth-order valence-corrected chi connectivity index (χ4v) is 2.67. The molecule has 2 aliphatic carbocycles. The maximum atomic E-state index is 9.41. The van der Waals surface area contributed by atoms with E-state index in [1.54, 1.807) is 0 Å². The van der Waals surface area contributed by atoms with Crippen molar-refractivity contribution in [1.29, 1.82) is 0 Å². The Balaban J connectivity index is 2.06. The van der Waals surface area contributed by atoms with Gasteiger partial charge < -0.3 is 10.2 Å². The van der Waals surface area contributed by atoms with Gasteiger partial charge in [-0.3, -0.25) is 0 Å². The third-order valence-corrected chi connectivity index (χ3v) is 3.15. The molecule has 0 amide bonds. The van der Waals surface area contributed by atoms with E-state index in [0.717, 1.165) is 25.2 Å². The molecule has 2 saturated carbocycles. The predicted octanol–water partition coefficient (Wildman–Crippen LogP) is 0.386. The minimum Gasteiger partial charge on any atom is -0.396 e. The zero-order chi connectivity index (χ0) is 7.14. The van der Waals surface area contributed by atoms with Gasteiger partial charge in [-0.2, -0.15) is 0 Å². The molecule has 0 aromatic heterocycles. The monoisotopic (exact) mass is 142 g/mol. The minimum atomic E-state index is -0.101. The molecule has 4 unspecified atom stereocenters. The molecule has 58 valence electrons. The number of hydrogen-bond donors (Lipinski definition) is 2. The molecule has 2 heteroatoms. The highest BCUT2D eigenvalue weighted by molar-refractivity contribution is 4.94. The molecule has 0 saturated heterocycles. The van der Waals surface area contributed by atoms with Crippen molar-refractivity contribution >= 4 is 0 Å². The summed E-state index contributed by atoms with van der Waals surface area (Å²) in [6.45, 7) is 0.276. The van der Waals surface area contributed by atoms with Gasteiger partial charge in [-0.05, 0) is 37.0 Å². The smallest absolute Gasteiger partial charge is 0.0574 e. The Hall–Kier alpha value is -0.0800. The average molecular weight is 142 g/mol. The van der Waals surface area contributed by atoms with Crippen LogP contribution in [-0.2, 0) is 0 Å². The first-order chi connectivity index (χ1) is 4.81. The van der Waals surface area contributed by atoms with Gasteiger partial charge in [0.25, 0.3) is 0 Å². The SMILES string of the molecule is OCC1CC2CC(O)C1C2. The lowest BCUT2D eigenvalue weighted by Gasteiger charge is -2.23. The largest absolute Gasteiger partial charge is 0.396 e. The van der Waals surface area contributed by atoms with Gasteiger partial charge in [-0.25, -0.2) is 0 Å². The van der Waals surface area contributed by atoms with Crippen molar-refractivity contribution in [2.75, 3.05) is 6.61 Å². The first-order valence-electron chi connectivity index (χ1n) is 4.10. The Kier molecular flexibility index (Phi) is 1.46. The highest BCUT2D eigenvalue weighted by atomic mass is 16.3. The molecule has 0 spiro atoms. The zero-order valence-electron chi connectivity index (χ0n) is 6.03. The second kappa shape index (κ2) is 2.21. The van der Waals surface area contributed by atoms with Crippen molar-refractivity contribution in [2.24, 2.45) is 17.8 Å². The molecule has 0 aliphatic heterocycles. The summed E-state index contributed by atoms with van der Waals surface area (Å²) in [7, 11) is 0.